The molecule has 0 bridgehead atoms. The summed E-state index contributed by atoms with van der Waals surface area (Å²) in [6.45, 7) is 6.73. The Balaban J connectivity index is 1.69. The molecule has 0 unspecified atom stereocenters. The van der Waals surface area contributed by atoms with Crippen LogP contribution in [0.5, 0.6) is 0 Å². The molecule has 0 radical (unpaired) electrons. The van der Waals surface area contributed by atoms with Gasteiger partial charge in [-0.25, -0.2) is 0 Å². The fraction of sp³-hybridized carbons (Fsp3) is 0.263. The molecule has 1 aliphatic heterocycles. The lowest BCUT2D eigenvalue weighted by Gasteiger charge is -2.15. The molecule has 1 aliphatic rings. The van der Waals surface area contributed by atoms with Crippen LogP contribution in [0.2, 0.25) is 0 Å². The zero-order valence-electron chi connectivity index (χ0n) is 13.6. The van der Waals surface area contributed by atoms with Crippen molar-refractivity contribution in [2.45, 2.75) is 25.7 Å². The van der Waals surface area contributed by atoms with Gasteiger partial charge in [-0.1, -0.05) is 29.8 Å². The molecule has 23 heavy (non-hydrogen) atoms. The molecule has 3 nitrogen and oxygen atoms in total. The highest BCUT2D eigenvalue weighted by Gasteiger charge is 2.34. The van der Waals surface area contributed by atoms with Gasteiger partial charge in [-0.05, 0) is 44.0 Å². The van der Waals surface area contributed by atoms with Gasteiger partial charge in [0, 0.05) is 17.2 Å². The van der Waals surface area contributed by atoms with Crippen LogP contribution < -0.4 is 0 Å². The van der Waals surface area contributed by atoms with Crippen molar-refractivity contribution >= 4 is 23.6 Å². The summed E-state index contributed by atoms with van der Waals surface area (Å²) >= 11 is 1.71. The van der Waals surface area contributed by atoms with Crippen molar-refractivity contribution in [2.75, 3.05) is 12.3 Å². The number of thioether (sulfide) groups is 1. The SMILES string of the molecule is Cc1cc(C)c(SCCN2C(=O)c3ccccc3C2=O)c(C)c1. The van der Waals surface area contributed by atoms with E-state index in [-0.39, 0.29) is 11.8 Å². The number of rotatable bonds is 4. The van der Waals surface area contributed by atoms with Crippen LogP contribution in [0.4, 0.5) is 0 Å². The third-order valence-corrected chi connectivity index (χ3v) is 5.36. The number of fused-ring (bicyclic) bond motifs is 1. The van der Waals surface area contributed by atoms with Gasteiger partial charge in [0.15, 0.2) is 0 Å². The molecule has 1 heterocycles. The second kappa shape index (κ2) is 6.20. The molecule has 2 aromatic rings. The predicted molar refractivity (Wildman–Crippen MR) is 93.2 cm³/mol. The third kappa shape index (κ3) is 2.91. The summed E-state index contributed by atoms with van der Waals surface area (Å²) in [5, 5.41) is 0. The van der Waals surface area contributed by atoms with E-state index in [4.69, 9.17) is 0 Å². The number of aryl methyl sites for hydroxylation is 3. The lowest BCUT2D eigenvalue weighted by atomic mass is 10.1. The molecule has 0 atom stereocenters. The first-order valence-electron chi connectivity index (χ1n) is 7.65. The maximum Gasteiger partial charge on any atom is 0.261 e. The molecule has 0 aliphatic carbocycles. The van der Waals surface area contributed by atoms with Gasteiger partial charge in [-0.15, -0.1) is 11.8 Å². The molecular weight excluding hydrogens is 306 g/mol. The molecule has 0 aromatic heterocycles. The van der Waals surface area contributed by atoms with Crippen LogP contribution in [0.25, 0.3) is 0 Å². The first-order chi connectivity index (χ1) is 11.0. The molecule has 0 saturated heterocycles. The second-order valence-corrected chi connectivity index (χ2v) is 6.99. The molecule has 118 valence electrons. The minimum absolute atomic E-state index is 0.177. The van der Waals surface area contributed by atoms with E-state index in [9.17, 15) is 9.59 Å². The number of hydrogen-bond acceptors (Lipinski definition) is 3. The molecular formula is C19H19NO2S. The minimum Gasteiger partial charge on any atom is -0.273 e. The fourth-order valence-electron chi connectivity index (χ4n) is 3.08. The average Bonchev–Trinajstić information content (AvgIpc) is 2.75. The minimum atomic E-state index is -0.177. The normalized spacial score (nSPS) is 13.6. The summed E-state index contributed by atoms with van der Waals surface area (Å²) in [4.78, 5) is 27.2. The number of amides is 2. The van der Waals surface area contributed by atoms with Gasteiger partial charge in [0.2, 0.25) is 0 Å². The zero-order chi connectivity index (χ0) is 16.6. The summed E-state index contributed by atoms with van der Waals surface area (Å²) in [6, 6.07) is 11.4. The standard InChI is InChI=1S/C19H19NO2S/c1-12-10-13(2)17(14(3)11-12)23-9-8-20-18(21)15-6-4-5-7-16(15)19(20)22/h4-7,10-11H,8-9H2,1-3H3. The lowest BCUT2D eigenvalue weighted by molar-refractivity contribution is 0.0664. The van der Waals surface area contributed by atoms with Gasteiger partial charge in [0.1, 0.15) is 0 Å². The van der Waals surface area contributed by atoms with Crippen molar-refractivity contribution in [1.29, 1.82) is 0 Å². The summed E-state index contributed by atoms with van der Waals surface area (Å²) in [5.41, 5.74) is 4.78. The molecule has 2 amide bonds. The highest BCUT2D eigenvalue weighted by atomic mass is 32.2. The number of imide groups is 1. The van der Waals surface area contributed by atoms with Gasteiger partial charge in [-0.2, -0.15) is 0 Å². The molecule has 2 aromatic carbocycles. The van der Waals surface area contributed by atoms with E-state index in [1.54, 1.807) is 36.0 Å². The van der Waals surface area contributed by atoms with Crippen LogP contribution in [0, 0.1) is 20.8 Å². The van der Waals surface area contributed by atoms with E-state index >= 15 is 0 Å². The van der Waals surface area contributed by atoms with Crippen molar-refractivity contribution < 1.29 is 9.59 Å². The quantitative estimate of drug-likeness (QED) is 0.630. The van der Waals surface area contributed by atoms with Crippen molar-refractivity contribution in [1.82, 2.24) is 4.90 Å². The number of benzene rings is 2. The van der Waals surface area contributed by atoms with Gasteiger partial charge in [0.25, 0.3) is 11.8 Å². The topological polar surface area (TPSA) is 37.4 Å². The van der Waals surface area contributed by atoms with Crippen LogP contribution in [-0.4, -0.2) is 29.0 Å². The molecule has 0 N–H and O–H groups in total. The van der Waals surface area contributed by atoms with Crippen molar-refractivity contribution in [3.63, 3.8) is 0 Å². The summed E-state index contributed by atoms with van der Waals surface area (Å²) in [5.74, 6) is 0.350. The van der Waals surface area contributed by atoms with Gasteiger partial charge < -0.3 is 0 Å². The number of carbonyl (C=O) groups excluding carboxylic acids is 2. The van der Waals surface area contributed by atoms with Crippen LogP contribution in [0.15, 0.2) is 41.3 Å². The molecule has 0 spiro atoms. The van der Waals surface area contributed by atoms with E-state index in [0.29, 0.717) is 23.4 Å². The molecule has 3 rings (SSSR count). The third-order valence-electron chi connectivity index (χ3n) is 4.04. The summed E-state index contributed by atoms with van der Waals surface area (Å²) in [7, 11) is 0. The van der Waals surface area contributed by atoms with Gasteiger partial charge in [-0.3, -0.25) is 14.5 Å². The Morgan fingerprint density at radius 1 is 0.913 bits per heavy atom. The Kier molecular flexibility index (Phi) is 4.26. The largest absolute Gasteiger partial charge is 0.273 e. The van der Waals surface area contributed by atoms with Crippen LogP contribution in [0.1, 0.15) is 37.4 Å². The van der Waals surface area contributed by atoms with Crippen LogP contribution >= 0.6 is 11.8 Å². The summed E-state index contributed by atoms with van der Waals surface area (Å²) < 4.78 is 0. The van der Waals surface area contributed by atoms with E-state index in [0.717, 1.165) is 0 Å². The van der Waals surface area contributed by atoms with E-state index < -0.39 is 0 Å². The highest BCUT2D eigenvalue weighted by molar-refractivity contribution is 7.99. The van der Waals surface area contributed by atoms with Crippen LogP contribution in [-0.2, 0) is 0 Å². The Morgan fingerprint density at radius 2 is 1.43 bits per heavy atom. The average molecular weight is 325 g/mol. The molecule has 4 heteroatoms. The van der Waals surface area contributed by atoms with E-state index in [1.807, 2.05) is 0 Å². The number of hydrogen-bond donors (Lipinski definition) is 0. The number of carbonyl (C=O) groups is 2. The Bertz CT molecular complexity index is 740. The highest BCUT2D eigenvalue weighted by Crippen LogP contribution is 2.29. The van der Waals surface area contributed by atoms with Gasteiger partial charge in [0.05, 0.1) is 11.1 Å². The fourth-order valence-corrected chi connectivity index (χ4v) is 4.13. The molecule has 0 saturated carbocycles. The summed E-state index contributed by atoms with van der Waals surface area (Å²) in [6.07, 6.45) is 0. The smallest absolute Gasteiger partial charge is 0.261 e. The zero-order valence-corrected chi connectivity index (χ0v) is 14.4. The first kappa shape index (κ1) is 15.8. The molecule has 0 fully saturated rings. The second-order valence-electron chi connectivity index (χ2n) is 5.88. The van der Waals surface area contributed by atoms with Gasteiger partial charge >= 0.3 is 0 Å². The Labute approximate surface area is 140 Å². The monoisotopic (exact) mass is 325 g/mol. The van der Waals surface area contributed by atoms with E-state index in [2.05, 4.69) is 32.9 Å². The Hall–Kier alpha value is -2.07. The van der Waals surface area contributed by atoms with Crippen molar-refractivity contribution in [3.8, 4) is 0 Å². The maximum atomic E-state index is 12.3. The van der Waals surface area contributed by atoms with Crippen molar-refractivity contribution in [3.05, 3.63) is 64.2 Å². The maximum absolute atomic E-state index is 12.3. The Morgan fingerprint density at radius 3 is 1.96 bits per heavy atom. The van der Waals surface area contributed by atoms with Crippen LogP contribution in [0.3, 0.4) is 0 Å². The van der Waals surface area contributed by atoms with Crippen molar-refractivity contribution in [2.24, 2.45) is 0 Å². The lowest BCUT2D eigenvalue weighted by Crippen LogP contribution is -2.31. The van der Waals surface area contributed by atoms with E-state index in [1.165, 1.54) is 26.5 Å². The predicted octanol–water partition coefficient (Wildman–Crippen LogP) is 4.00. The number of nitrogens with zero attached hydrogens (tertiary/aromatic N) is 1. The first-order valence-corrected chi connectivity index (χ1v) is 8.63.